The van der Waals surface area contributed by atoms with Crippen LogP contribution in [0.15, 0.2) is 18.2 Å². The molecule has 0 unspecified atom stereocenters. The lowest BCUT2D eigenvalue weighted by Gasteiger charge is -2.39. The summed E-state index contributed by atoms with van der Waals surface area (Å²) >= 11 is 12.1. The molecule has 30 heavy (non-hydrogen) atoms. The van der Waals surface area contributed by atoms with E-state index in [2.05, 4.69) is 10.2 Å². The maximum absolute atomic E-state index is 13.1. The first-order chi connectivity index (χ1) is 14.1. The molecule has 1 N–H and O–H groups in total. The highest BCUT2D eigenvalue weighted by Crippen LogP contribution is 2.29. The third-order valence-electron chi connectivity index (χ3n) is 5.60. The van der Waals surface area contributed by atoms with Crippen LogP contribution >= 0.6 is 23.2 Å². The smallest absolute Gasteiger partial charge is 0.407 e. The van der Waals surface area contributed by atoms with Gasteiger partial charge in [-0.3, -0.25) is 4.79 Å². The molecule has 1 heterocycles. The second-order valence-corrected chi connectivity index (χ2v) is 9.93. The van der Waals surface area contributed by atoms with Gasteiger partial charge >= 0.3 is 6.09 Å². The Morgan fingerprint density at radius 2 is 1.77 bits per heavy atom. The maximum atomic E-state index is 13.1. The van der Waals surface area contributed by atoms with E-state index >= 15 is 0 Å². The molecule has 1 saturated carbocycles. The molecule has 3 rings (SSSR count). The predicted octanol–water partition coefficient (Wildman–Crippen LogP) is 4.73. The number of alkyl carbamates (subject to hydrolysis) is 1. The van der Waals surface area contributed by atoms with Gasteiger partial charge in [-0.15, -0.1) is 0 Å². The SMILES string of the molecule is CC(C)(C)OC(=O)N[C@@H]1CCC[C@H](C(=O)N2CCN(c3ccc(Cl)c(Cl)c3)CC2)C1. The molecule has 2 atom stereocenters. The Kier molecular flexibility index (Phi) is 7.40. The number of halogens is 2. The summed E-state index contributed by atoms with van der Waals surface area (Å²) in [5.74, 6) is 0.148. The van der Waals surface area contributed by atoms with Gasteiger partial charge in [0, 0.05) is 43.8 Å². The van der Waals surface area contributed by atoms with Crippen molar-refractivity contribution in [3.05, 3.63) is 28.2 Å². The Morgan fingerprint density at radius 3 is 2.40 bits per heavy atom. The van der Waals surface area contributed by atoms with Crippen molar-refractivity contribution in [2.45, 2.75) is 58.1 Å². The van der Waals surface area contributed by atoms with Crippen molar-refractivity contribution in [1.82, 2.24) is 10.2 Å². The first kappa shape index (κ1) is 23.0. The fourth-order valence-electron chi connectivity index (χ4n) is 4.14. The third kappa shape index (κ3) is 6.17. The number of amides is 2. The van der Waals surface area contributed by atoms with E-state index in [4.69, 9.17) is 27.9 Å². The van der Waals surface area contributed by atoms with Gasteiger partial charge in [-0.05, 0) is 58.2 Å². The average molecular weight is 456 g/mol. The number of benzene rings is 1. The first-order valence-electron chi connectivity index (χ1n) is 10.6. The van der Waals surface area contributed by atoms with Gasteiger partial charge in [0.05, 0.1) is 10.0 Å². The summed E-state index contributed by atoms with van der Waals surface area (Å²) in [7, 11) is 0. The molecule has 2 aliphatic rings. The summed E-state index contributed by atoms with van der Waals surface area (Å²) in [4.78, 5) is 29.3. The van der Waals surface area contributed by atoms with Crippen LogP contribution in [0, 0.1) is 5.92 Å². The van der Waals surface area contributed by atoms with Crippen molar-refractivity contribution >= 4 is 40.9 Å². The molecule has 1 aliphatic carbocycles. The molecule has 166 valence electrons. The Balaban J connectivity index is 1.50. The normalized spacial score (nSPS) is 22.6. The largest absolute Gasteiger partial charge is 0.444 e. The highest BCUT2D eigenvalue weighted by atomic mass is 35.5. The molecule has 1 aromatic carbocycles. The van der Waals surface area contributed by atoms with Crippen molar-refractivity contribution < 1.29 is 14.3 Å². The number of hydrogen-bond acceptors (Lipinski definition) is 4. The van der Waals surface area contributed by atoms with Crippen molar-refractivity contribution in [2.75, 3.05) is 31.1 Å². The summed E-state index contributed by atoms with van der Waals surface area (Å²) in [6.45, 7) is 8.41. The van der Waals surface area contributed by atoms with Gasteiger partial charge in [-0.25, -0.2) is 4.79 Å². The molecule has 1 aromatic rings. The fourth-order valence-corrected chi connectivity index (χ4v) is 4.44. The van der Waals surface area contributed by atoms with E-state index in [1.54, 1.807) is 6.07 Å². The quantitative estimate of drug-likeness (QED) is 0.715. The lowest BCUT2D eigenvalue weighted by Crippen LogP contribution is -2.52. The molecule has 0 radical (unpaired) electrons. The molecule has 2 fully saturated rings. The topological polar surface area (TPSA) is 61.9 Å². The minimum absolute atomic E-state index is 0.0138. The molecule has 2 amide bonds. The van der Waals surface area contributed by atoms with E-state index in [-0.39, 0.29) is 17.9 Å². The van der Waals surface area contributed by atoms with E-state index in [0.717, 1.165) is 38.0 Å². The maximum Gasteiger partial charge on any atom is 0.407 e. The van der Waals surface area contributed by atoms with Crippen LogP contribution in [0.25, 0.3) is 0 Å². The summed E-state index contributed by atoms with van der Waals surface area (Å²) in [5, 5.41) is 4.02. The van der Waals surface area contributed by atoms with E-state index in [1.807, 2.05) is 37.8 Å². The lowest BCUT2D eigenvalue weighted by molar-refractivity contribution is -0.137. The standard InChI is InChI=1S/C22H31Cl2N3O3/c1-22(2,3)30-21(29)25-16-6-4-5-15(13-16)20(28)27-11-9-26(10-12-27)17-7-8-18(23)19(24)14-17/h7-8,14-16H,4-6,9-13H2,1-3H3,(H,25,29)/t15-,16+/m0/s1. The van der Waals surface area contributed by atoms with Gasteiger partial charge in [0.15, 0.2) is 0 Å². The zero-order chi connectivity index (χ0) is 21.9. The van der Waals surface area contributed by atoms with E-state index in [1.165, 1.54) is 0 Å². The van der Waals surface area contributed by atoms with Gasteiger partial charge in [0.2, 0.25) is 5.91 Å². The number of ether oxygens (including phenoxy) is 1. The van der Waals surface area contributed by atoms with Crippen LogP contribution in [0.4, 0.5) is 10.5 Å². The Labute approximate surface area is 188 Å². The molecule has 8 heteroatoms. The minimum Gasteiger partial charge on any atom is -0.444 e. The molecular weight excluding hydrogens is 425 g/mol. The number of hydrogen-bond donors (Lipinski definition) is 1. The van der Waals surface area contributed by atoms with Crippen molar-refractivity contribution in [1.29, 1.82) is 0 Å². The number of anilines is 1. The minimum atomic E-state index is -0.526. The van der Waals surface area contributed by atoms with E-state index < -0.39 is 11.7 Å². The van der Waals surface area contributed by atoms with Gasteiger partial charge < -0.3 is 19.9 Å². The Hall–Kier alpha value is -1.66. The monoisotopic (exact) mass is 455 g/mol. The van der Waals surface area contributed by atoms with Crippen molar-refractivity contribution in [3.63, 3.8) is 0 Å². The zero-order valence-electron chi connectivity index (χ0n) is 17.9. The highest BCUT2D eigenvalue weighted by molar-refractivity contribution is 6.42. The number of nitrogens with zero attached hydrogens (tertiary/aromatic N) is 2. The summed E-state index contributed by atoms with van der Waals surface area (Å²) < 4.78 is 5.35. The summed E-state index contributed by atoms with van der Waals surface area (Å²) in [6, 6.07) is 5.62. The van der Waals surface area contributed by atoms with Crippen LogP contribution in [0.5, 0.6) is 0 Å². The van der Waals surface area contributed by atoms with Gasteiger partial charge in [-0.2, -0.15) is 0 Å². The molecule has 1 aliphatic heterocycles. The fraction of sp³-hybridized carbons (Fsp3) is 0.636. The van der Waals surface area contributed by atoms with Crippen molar-refractivity contribution in [2.24, 2.45) is 5.92 Å². The highest BCUT2D eigenvalue weighted by Gasteiger charge is 2.33. The van der Waals surface area contributed by atoms with Gasteiger partial charge in [0.1, 0.15) is 5.60 Å². The molecule has 6 nitrogen and oxygen atoms in total. The van der Waals surface area contributed by atoms with Crippen LogP contribution in [-0.4, -0.2) is 54.7 Å². The number of rotatable bonds is 3. The first-order valence-corrected chi connectivity index (χ1v) is 11.4. The second kappa shape index (κ2) is 9.65. The molecule has 0 spiro atoms. The van der Waals surface area contributed by atoms with E-state index in [0.29, 0.717) is 29.6 Å². The van der Waals surface area contributed by atoms with Crippen LogP contribution in [0.1, 0.15) is 46.5 Å². The molecule has 0 bridgehead atoms. The van der Waals surface area contributed by atoms with E-state index in [9.17, 15) is 9.59 Å². The zero-order valence-corrected chi connectivity index (χ0v) is 19.4. The lowest BCUT2D eigenvalue weighted by atomic mass is 9.84. The van der Waals surface area contributed by atoms with Gasteiger partial charge in [0.25, 0.3) is 0 Å². The third-order valence-corrected chi connectivity index (χ3v) is 6.34. The summed E-state index contributed by atoms with van der Waals surface area (Å²) in [6.07, 6.45) is 2.95. The van der Waals surface area contributed by atoms with Crippen LogP contribution in [-0.2, 0) is 9.53 Å². The van der Waals surface area contributed by atoms with Crippen LogP contribution in [0.2, 0.25) is 10.0 Å². The Morgan fingerprint density at radius 1 is 1.07 bits per heavy atom. The number of nitrogens with one attached hydrogen (secondary N) is 1. The summed E-state index contributed by atoms with van der Waals surface area (Å²) in [5.41, 5.74) is 0.498. The molecule has 0 aromatic heterocycles. The average Bonchev–Trinajstić information content (AvgIpc) is 2.68. The van der Waals surface area contributed by atoms with Crippen LogP contribution in [0.3, 0.4) is 0 Å². The number of carbonyl (C=O) groups excluding carboxylic acids is 2. The molecular formula is C22H31Cl2N3O3. The molecule has 1 saturated heterocycles. The van der Waals surface area contributed by atoms with Crippen LogP contribution < -0.4 is 10.2 Å². The Bertz CT molecular complexity index is 773. The van der Waals surface area contributed by atoms with Gasteiger partial charge in [-0.1, -0.05) is 29.6 Å². The number of carbonyl (C=O) groups is 2. The number of piperazine rings is 1. The van der Waals surface area contributed by atoms with Crippen molar-refractivity contribution in [3.8, 4) is 0 Å². The second-order valence-electron chi connectivity index (χ2n) is 9.12. The predicted molar refractivity (Wildman–Crippen MR) is 120 cm³/mol.